The number of benzene rings is 2. The standard InChI is InChI=1S/C26H30FN3O2/c27-20-2-3-23-21(12-20)19(14-29-23)1-4-24-22-13-26-25(31-16-32-26)11-18(22)7-10-30(24)15-17-5-8-28-9-6-17/h2-3,11-14,17,24,28-29H,1,4-10,15-16H2. The summed E-state index contributed by atoms with van der Waals surface area (Å²) in [4.78, 5) is 6.00. The van der Waals surface area contributed by atoms with Crippen LogP contribution in [0.15, 0.2) is 36.5 Å². The van der Waals surface area contributed by atoms with Gasteiger partial charge in [0.2, 0.25) is 6.79 Å². The number of ether oxygens (including phenoxy) is 2. The zero-order valence-electron chi connectivity index (χ0n) is 18.3. The van der Waals surface area contributed by atoms with E-state index in [2.05, 4.69) is 27.3 Å². The molecule has 3 aliphatic heterocycles. The van der Waals surface area contributed by atoms with Crippen LogP contribution in [0.25, 0.3) is 10.9 Å². The number of H-pyrrole nitrogens is 1. The number of nitrogens with one attached hydrogen (secondary N) is 2. The smallest absolute Gasteiger partial charge is 0.231 e. The normalized spacial score (nSPS) is 21.2. The van der Waals surface area contributed by atoms with Gasteiger partial charge in [0.25, 0.3) is 0 Å². The molecule has 0 aliphatic carbocycles. The zero-order valence-corrected chi connectivity index (χ0v) is 18.3. The molecule has 1 atom stereocenters. The first-order chi connectivity index (χ1) is 15.7. The summed E-state index contributed by atoms with van der Waals surface area (Å²) in [5, 5.41) is 4.49. The Hall–Kier alpha value is -2.57. The Bertz CT molecular complexity index is 1120. The van der Waals surface area contributed by atoms with Crippen molar-refractivity contribution in [2.45, 2.75) is 38.1 Å². The van der Waals surface area contributed by atoms with Crippen LogP contribution < -0.4 is 14.8 Å². The molecule has 0 spiro atoms. The second kappa shape index (κ2) is 8.41. The third kappa shape index (κ3) is 3.76. The van der Waals surface area contributed by atoms with Crippen molar-refractivity contribution >= 4 is 10.9 Å². The second-order valence-electron chi connectivity index (χ2n) is 9.40. The molecule has 1 saturated heterocycles. The molecule has 3 aliphatic rings. The van der Waals surface area contributed by atoms with Gasteiger partial charge < -0.3 is 19.8 Å². The van der Waals surface area contributed by atoms with Crippen molar-refractivity contribution in [3.63, 3.8) is 0 Å². The maximum Gasteiger partial charge on any atom is 0.231 e. The molecular weight excluding hydrogens is 405 g/mol. The van der Waals surface area contributed by atoms with E-state index in [1.54, 1.807) is 6.07 Å². The molecule has 6 rings (SSSR count). The summed E-state index contributed by atoms with van der Waals surface area (Å²) in [6.07, 6.45) is 7.50. The summed E-state index contributed by atoms with van der Waals surface area (Å²) in [7, 11) is 0. The number of aryl methyl sites for hydroxylation is 1. The van der Waals surface area contributed by atoms with E-state index in [0.29, 0.717) is 12.8 Å². The second-order valence-corrected chi connectivity index (χ2v) is 9.40. The molecule has 0 saturated carbocycles. The van der Waals surface area contributed by atoms with E-state index in [-0.39, 0.29) is 5.82 Å². The van der Waals surface area contributed by atoms with Gasteiger partial charge in [0, 0.05) is 36.2 Å². The van der Waals surface area contributed by atoms with Gasteiger partial charge in [-0.15, -0.1) is 0 Å². The van der Waals surface area contributed by atoms with Crippen molar-refractivity contribution in [1.29, 1.82) is 0 Å². The minimum Gasteiger partial charge on any atom is -0.454 e. The summed E-state index contributed by atoms with van der Waals surface area (Å²) in [5.41, 5.74) is 4.95. The van der Waals surface area contributed by atoms with Crippen LogP contribution >= 0.6 is 0 Å². The molecule has 0 bridgehead atoms. The fourth-order valence-electron chi connectivity index (χ4n) is 5.75. The van der Waals surface area contributed by atoms with Crippen molar-refractivity contribution in [3.8, 4) is 11.5 Å². The summed E-state index contributed by atoms with van der Waals surface area (Å²) in [6.45, 7) is 4.77. The number of aromatic nitrogens is 1. The van der Waals surface area contributed by atoms with Crippen LogP contribution in [0.1, 0.15) is 42.0 Å². The topological polar surface area (TPSA) is 49.5 Å². The highest BCUT2D eigenvalue weighted by molar-refractivity contribution is 5.83. The van der Waals surface area contributed by atoms with Crippen LogP contribution in [0.4, 0.5) is 4.39 Å². The molecule has 32 heavy (non-hydrogen) atoms. The SMILES string of the molecule is Fc1ccc2[nH]cc(CCC3c4cc5c(cc4CCN3CC3CCNCC3)OCO5)c2c1. The first-order valence-corrected chi connectivity index (χ1v) is 11.9. The van der Waals surface area contributed by atoms with Gasteiger partial charge >= 0.3 is 0 Å². The first kappa shape index (κ1) is 20.1. The van der Waals surface area contributed by atoms with E-state index < -0.39 is 0 Å². The quantitative estimate of drug-likeness (QED) is 0.617. The van der Waals surface area contributed by atoms with E-state index in [9.17, 15) is 4.39 Å². The van der Waals surface area contributed by atoms with E-state index >= 15 is 0 Å². The lowest BCUT2D eigenvalue weighted by Gasteiger charge is -2.40. The molecule has 5 nitrogen and oxygen atoms in total. The molecule has 1 fully saturated rings. The van der Waals surface area contributed by atoms with E-state index in [4.69, 9.17) is 9.47 Å². The molecule has 1 unspecified atom stereocenters. The molecule has 3 aromatic rings. The Morgan fingerprint density at radius 2 is 1.91 bits per heavy atom. The van der Waals surface area contributed by atoms with E-state index in [0.717, 1.165) is 73.8 Å². The van der Waals surface area contributed by atoms with Crippen LogP contribution in [0.2, 0.25) is 0 Å². The lowest BCUT2D eigenvalue weighted by Crippen LogP contribution is -2.41. The summed E-state index contributed by atoms with van der Waals surface area (Å²) < 4.78 is 25.3. The Morgan fingerprint density at radius 1 is 1.06 bits per heavy atom. The van der Waals surface area contributed by atoms with Gasteiger partial charge in [-0.1, -0.05) is 0 Å². The Kier molecular flexibility index (Phi) is 5.27. The number of fused-ring (bicyclic) bond motifs is 3. The molecule has 0 radical (unpaired) electrons. The van der Waals surface area contributed by atoms with Gasteiger partial charge in [0.15, 0.2) is 11.5 Å². The Morgan fingerprint density at radius 3 is 2.78 bits per heavy atom. The summed E-state index contributed by atoms with van der Waals surface area (Å²) in [6, 6.07) is 9.74. The third-order valence-electron chi connectivity index (χ3n) is 7.47. The average molecular weight is 436 g/mol. The maximum atomic E-state index is 13.9. The zero-order chi connectivity index (χ0) is 21.5. The Balaban J connectivity index is 1.29. The largest absolute Gasteiger partial charge is 0.454 e. The highest BCUT2D eigenvalue weighted by Crippen LogP contribution is 2.42. The molecule has 1 aromatic heterocycles. The van der Waals surface area contributed by atoms with Crippen LogP contribution in [0.5, 0.6) is 11.5 Å². The fraction of sp³-hybridized carbons (Fsp3) is 0.462. The minimum absolute atomic E-state index is 0.179. The number of halogens is 1. The van der Waals surface area contributed by atoms with Gasteiger partial charge in [0.1, 0.15) is 5.82 Å². The summed E-state index contributed by atoms with van der Waals surface area (Å²) >= 11 is 0. The van der Waals surface area contributed by atoms with Gasteiger partial charge in [-0.25, -0.2) is 4.39 Å². The highest BCUT2D eigenvalue weighted by Gasteiger charge is 2.32. The van der Waals surface area contributed by atoms with Crippen LogP contribution in [0.3, 0.4) is 0 Å². The van der Waals surface area contributed by atoms with Gasteiger partial charge in [-0.2, -0.15) is 0 Å². The third-order valence-corrected chi connectivity index (χ3v) is 7.47. The average Bonchev–Trinajstić information content (AvgIpc) is 3.44. The van der Waals surface area contributed by atoms with Gasteiger partial charge in [0.05, 0.1) is 0 Å². The maximum absolute atomic E-state index is 13.9. The molecule has 0 amide bonds. The van der Waals surface area contributed by atoms with Crippen molar-refractivity contribution in [1.82, 2.24) is 15.2 Å². The number of piperidine rings is 1. The van der Waals surface area contributed by atoms with E-state index in [1.165, 1.54) is 35.6 Å². The van der Waals surface area contributed by atoms with Crippen LogP contribution in [0, 0.1) is 11.7 Å². The molecular formula is C26H30FN3O2. The lowest BCUT2D eigenvalue weighted by molar-refractivity contribution is 0.135. The van der Waals surface area contributed by atoms with Crippen molar-refractivity contribution < 1.29 is 13.9 Å². The van der Waals surface area contributed by atoms with Crippen molar-refractivity contribution in [2.75, 3.05) is 33.0 Å². The van der Waals surface area contributed by atoms with E-state index in [1.807, 2.05) is 12.3 Å². The number of aromatic amines is 1. The highest BCUT2D eigenvalue weighted by atomic mass is 19.1. The van der Waals surface area contributed by atoms with Crippen LogP contribution in [-0.4, -0.2) is 42.9 Å². The lowest BCUT2D eigenvalue weighted by atomic mass is 9.86. The molecule has 4 heterocycles. The number of rotatable bonds is 5. The van der Waals surface area contributed by atoms with Crippen LogP contribution in [-0.2, 0) is 12.8 Å². The van der Waals surface area contributed by atoms with Crippen molar-refractivity contribution in [3.05, 3.63) is 59.0 Å². The fourth-order valence-corrected chi connectivity index (χ4v) is 5.75. The van der Waals surface area contributed by atoms with Gasteiger partial charge in [-0.05, 0) is 98.1 Å². The number of hydrogen-bond acceptors (Lipinski definition) is 4. The minimum atomic E-state index is -0.179. The predicted octanol–water partition coefficient (Wildman–Crippen LogP) is 4.57. The summed E-state index contributed by atoms with van der Waals surface area (Å²) in [5.74, 6) is 2.31. The molecule has 168 valence electrons. The molecule has 6 heteroatoms. The molecule has 2 N–H and O–H groups in total. The monoisotopic (exact) mass is 435 g/mol. The van der Waals surface area contributed by atoms with Gasteiger partial charge in [-0.3, -0.25) is 4.90 Å². The molecule has 2 aromatic carbocycles. The van der Waals surface area contributed by atoms with Crippen molar-refractivity contribution in [2.24, 2.45) is 5.92 Å². The number of nitrogens with zero attached hydrogens (tertiary/aromatic N) is 1. The number of hydrogen-bond donors (Lipinski definition) is 2. The first-order valence-electron chi connectivity index (χ1n) is 11.9. The predicted molar refractivity (Wildman–Crippen MR) is 123 cm³/mol. The Labute approximate surface area is 187 Å².